The number of aromatic nitrogens is 1. The summed E-state index contributed by atoms with van der Waals surface area (Å²) < 4.78 is 0. The van der Waals surface area contributed by atoms with Crippen molar-refractivity contribution in [1.29, 1.82) is 5.26 Å². The number of hydrogen-bond acceptors (Lipinski definition) is 3. The van der Waals surface area contributed by atoms with Gasteiger partial charge in [0, 0.05) is 35.8 Å². The maximum Gasteiger partial charge on any atom is 0.262 e. The number of carbonyl (C=O) groups is 1. The van der Waals surface area contributed by atoms with Crippen LogP contribution in [0.5, 0.6) is 0 Å². The lowest BCUT2D eigenvalue weighted by Crippen LogP contribution is -2.37. The molecule has 0 atom stereocenters. The molecule has 1 saturated heterocycles. The number of para-hydroxylation sites is 1. The Kier molecular flexibility index (Phi) is 5.29. The van der Waals surface area contributed by atoms with E-state index in [1.807, 2.05) is 36.5 Å². The predicted octanol–water partition coefficient (Wildman–Crippen LogP) is 2.68. The monoisotopic (exact) mass is 322 g/mol. The molecular weight excluding hydrogens is 300 g/mol. The van der Waals surface area contributed by atoms with E-state index >= 15 is 0 Å². The highest BCUT2D eigenvalue weighted by Gasteiger charge is 2.12. The Morgan fingerprint density at radius 3 is 2.88 bits per heavy atom. The Morgan fingerprint density at radius 2 is 2.08 bits per heavy atom. The zero-order valence-corrected chi connectivity index (χ0v) is 13.7. The third-order valence-corrected chi connectivity index (χ3v) is 4.45. The summed E-state index contributed by atoms with van der Waals surface area (Å²) in [5, 5.41) is 13.2. The van der Waals surface area contributed by atoms with E-state index in [2.05, 4.69) is 15.2 Å². The minimum Gasteiger partial charge on any atom is -0.361 e. The van der Waals surface area contributed by atoms with Crippen LogP contribution < -0.4 is 5.32 Å². The number of benzene rings is 1. The number of carbonyl (C=O) groups excluding carboxylic acids is 1. The molecule has 0 bridgehead atoms. The van der Waals surface area contributed by atoms with Crippen molar-refractivity contribution in [2.75, 3.05) is 26.2 Å². The molecule has 1 aromatic heterocycles. The number of fused-ring (bicyclic) bond motifs is 1. The van der Waals surface area contributed by atoms with Crippen LogP contribution in [0.2, 0.25) is 0 Å². The first-order chi connectivity index (χ1) is 11.8. The summed E-state index contributed by atoms with van der Waals surface area (Å²) in [4.78, 5) is 17.8. The van der Waals surface area contributed by atoms with Crippen molar-refractivity contribution >= 4 is 22.9 Å². The number of nitrogens with zero attached hydrogens (tertiary/aromatic N) is 2. The molecule has 0 radical (unpaired) electrons. The molecule has 124 valence electrons. The summed E-state index contributed by atoms with van der Waals surface area (Å²) in [5.41, 5.74) is 1.98. The quantitative estimate of drug-likeness (QED) is 0.657. The topological polar surface area (TPSA) is 71.9 Å². The summed E-state index contributed by atoms with van der Waals surface area (Å²) >= 11 is 0. The van der Waals surface area contributed by atoms with Crippen LogP contribution in [0.1, 0.15) is 24.8 Å². The van der Waals surface area contributed by atoms with Crippen molar-refractivity contribution in [3.63, 3.8) is 0 Å². The summed E-state index contributed by atoms with van der Waals surface area (Å²) in [6.07, 6.45) is 7.24. The van der Waals surface area contributed by atoms with Gasteiger partial charge in [-0.15, -0.1) is 0 Å². The molecule has 1 aromatic carbocycles. The second kappa shape index (κ2) is 7.80. The third-order valence-electron chi connectivity index (χ3n) is 4.45. The summed E-state index contributed by atoms with van der Waals surface area (Å²) in [5.74, 6) is -0.306. The van der Waals surface area contributed by atoms with Crippen molar-refractivity contribution in [3.05, 3.63) is 41.6 Å². The van der Waals surface area contributed by atoms with Gasteiger partial charge in [-0.05, 0) is 38.1 Å². The maximum atomic E-state index is 12.2. The smallest absolute Gasteiger partial charge is 0.262 e. The molecule has 0 aliphatic carbocycles. The normalized spacial score (nSPS) is 16.0. The number of H-pyrrole nitrogens is 1. The first kappa shape index (κ1) is 16.3. The van der Waals surface area contributed by atoms with E-state index in [4.69, 9.17) is 0 Å². The Balaban J connectivity index is 1.62. The van der Waals surface area contributed by atoms with E-state index < -0.39 is 0 Å². The zero-order chi connectivity index (χ0) is 16.8. The molecule has 5 nitrogen and oxygen atoms in total. The molecule has 0 saturated carbocycles. The predicted molar refractivity (Wildman–Crippen MR) is 95.2 cm³/mol. The highest BCUT2D eigenvalue weighted by molar-refractivity contribution is 6.03. The second-order valence-electron chi connectivity index (χ2n) is 6.12. The SMILES string of the molecule is N#C/C(=C\c1c[nH]c2ccccc12)C(=O)NCCN1CCCCC1. The van der Waals surface area contributed by atoms with Crippen LogP contribution in [-0.4, -0.2) is 42.0 Å². The van der Waals surface area contributed by atoms with Crippen molar-refractivity contribution in [1.82, 2.24) is 15.2 Å². The van der Waals surface area contributed by atoms with E-state index in [1.165, 1.54) is 19.3 Å². The lowest BCUT2D eigenvalue weighted by atomic mass is 10.1. The maximum absolute atomic E-state index is 12.2. The van der Waals surface area contributed by atoms with Gasteiger partial charge in [0.15, 0.2) is 0 Å². The molecule has 1 fully saturated rings. The van der Waals surface area contributed by atoms with Crippen LogP contribution in [0.15, 0.2) is 36.0 Å². The fourth-order valence-corrected chi connectivity index (χ4v) is 3.12. The Hall–Kier alpha value is -2.58. The van der Waals surface area contributed by atoms with Gasteiger partial charge in [-0.25, -0.2) is 0 Å². The average molecular weight is 322 g/mol. The minimum absolute atomic E-state index is 0.137. The molecule has 5 heteroatoms. The summed E-state index contributed by atoms with van der Waals surface area (Å²) in [7, 11) is 0. The van der Waals surface area contributed by atoms with Crippen molar-refractivity contribution < 1.29 is 4.79 Å². The number of rotatable bonds is 5. The number of aromatic amines is 1. The van der Waals surface area contributed by atoms with E-state index in [1.54, 1.807) is 6.08 Å². The van der Waals surface area contributed by atoms with Crippen LogP contribution in [0.4, 0.5) is 0 Å². The Bertz CT molecular complexity index is 778. The zero-order valence-electron chi connectivity index (χ0n) is 13.7. The van der Waals surface area contributed by atoms with E-state index in [0.717, 1.165) is 36.1 Å². The second-order valence-corrected chi connectivity index (χ2v) is 6.12. The van der Waals surface area contributed by atoms with Gasteiger partial charge in [0.05, 0.1) is 0 Å². The van der Waals surface area contributed by atoms with Crippen molar-refractivity contribution in [3.8, 4) is 6.07 Å². The molecule has 2 aromatic rings. The van der Waals surface area contributed by atoms with Crippen LogP contribution in [0.25, 0.3) is 17.0 Å². The molecular formula is C19H22N4O. The molecule has 3 rings (SSSR count). The molecule has 1 aliphatic heterocycles. The number of likely N-dealkylation sites (tertiary alicyclic amines) is 1. The Morgan fingerprint density at radius 1 is 1.29 bits per heavy atom. The van der Waals surface area contributed by atoms with Gasteiger partial charge in [0.25, 0.3) is 5.91 Å². The lowest BCUT2D eigenvalue weighted by molar-refractivity contribution is -0.117. The number of piperidine rings is 1. The Labute approximate surface area is 142 Å². The lowest BCUT2D eigenvalue weighted by Gasteiger charge is -2.26. The molecule has 1 amide bonds. The third kappa shape index (κ3) is 3.84. The van der Waals surface area contributed by atoms with Crippen LogP contribution >= 0.6 is 0 Å². The number of nitrogens with one attached hydrogen (secondary N) is 2. The number of hydrogen-bond donors (Lipinski definition) is 2. The average Bonchev–Trinajstić information content (AvgIpc) is 3.03. The van der Waals surface area contributed by atoms with Crippen LogP contribution in [0, 0.1) is 11.3 Å². The molecule has 0 unspecified atom stereocenters. The minimum atomic E-state index is -0.306. The van der Waals surface area contributed by atoms with Gasteiger partial charge < -0.3 is 15.2 Å². The largest absolute Gasteiger partial charge is 0.361 e. The number of nitriles is 1. The highest BCUT2D eigenvalue weighted by Crippen LogP contribution is 2.20. The first-order valence-electron chi connectivity index (χ1n) is 8.46. The van der Waals surface area contributed by atoms with Crippen molar-refractivity contribution in [2.45, 2.75) is 19.3 Å². The van der Waals surface area contributed by atoms with Gasteiger partial charge in [-0.2, -0.15) is 5.26 Å². The van der Waals surface area contributed by atoms with Gasteiger partial charge in [-0.1, -0.05) is 24.6 Å². The van der Waals surface area contributed by atoms with Crippen LogP contribution in [-0.2, 0) is 4.79 Å². The summed E-state index contributed by atoms with van der Waals surface area (Å²) in [6.45, 7) is 3.63. The molecule has 24 heavy (non-hydrogen) atoms. The van der Waals surface area contributed by atoms with E-state index in [-0.39, 0.29) is 11.5 Å². The molecule has 0 spiro atoms. The van der Waals surface area contributed by atoms with Gasteiger partial charge in [0.1, 0.15) is 11.6 Å². The van der Waals surface area contributed by atoms with Gasteiger partial charge >= 0.3 is 0 Å². The van der Waals surface area contributed by atoms with Gasteiger partial charge in [-0.3, -0.25) is 4.79 Å². The van der Waals surface area contributed by atoms with Crippen LogP contribution in [0.3, 0.4) is 0 Å². The number of amides is 1. The van der Waals surface area contributed by atoms with Gasteiger partial charge in [0.2, 0.25) is 0 Å². The summed E-state index contributed by atoms with van der Waals surface area (Å²) in [6, 6.07) is 9.85. The van der Waals surface area contributed by atoms with E-state index in [9.17, 15) is 10.1 Å². The molecule has 1 aliphatic rings. The van der Waals surface area contributed by atoms with Crippen molar-refractivity contribution in [2.24, 2.45) is 0 Å². The van der Waals surface area contributed by atoms with E-state index in [0.29, 0.717) is 6.54 Å². The molecule has 2 N–H and O–H groups in total. The fourth-order valence-electron chi connectivity index (χ4n) is 3.12. The first-order valence-corrected chi connectivity index (χ1v) is 8.46. The standard InChI is InChI=1S/C19H22N4O/c20-13-15(12-16-14-22-18-7-3-2-6-17(16)18)19(24)21-8-11-23-9-4-1-5-10-23/h2-3,6-7,12,14,22H,1,4-5,8-11H2,(H,21,24)/b15-12+. The highest BCUT2D eigenvalue weighted by atomic mass is 16.1. The molecule has 2 heterocycles. The fraction of sp³-hybridized carbons (Fsp3) is 0.368.